The lowest BCUT2D eigenvalue weighted by Crippen LogP contribution is -2.24. The van der Waals surface area contributed by atoms with Gasteiger partial charge < -0.3 is 14.2 Å². The summed E-state index contributed by atoms with van der Waals surface area (Å²) in [7, 11) is 0. The Balaban J connectivity index is 1.34. The van der Waals surface area contributed by atoms with Gasteiger partial charge in [-0.3, -0.25) is 0 Å². The zero-order valence-electron chi connectivity index (χ0n) is 15.0. The van der Waals surface area contributed by atoms with E-state index in [1.807, 2.05) is 23.6 Å². The Morgan fingerprint density at radius 2 is 2.04 bits per heavy atom. The summed E-state index contributed by atoms with van der Waals surface area (Å²) in [5, 5.41) is 5.93. The topological polar surface area (TPSA) is 68.5 Å². The van der Waals surface area contributed by atoms with Crippen molar-refractivity contribution in [2.45, 2.75) is 32.3 Å². The molecule has 1 aliphatic heterocycles. The Morgan fingerprint density at radius 1 is 1.19 bits per heavy atom. The number of hydrogen-bond donors (Lipinski definition) is 0. The quantitative estimate of drug-likeness (QED) is 0.603. The molecule has 1 fully saturated rings. The van der Waals surface area contributed by atoms with E-state index >= 15 is 0 Å². The molecule has 1 aliphatic rings. The highest BCUT2D eigenvalue weighted by molar-refractivity contribution is 7.13. The number of ether oxygens (including phenoxy) is 1. The number of anilines is 1. The van der Waals surface area contributed by atoms with Crippen molar-refractivity contribution in [1.29, 1.82) is 0 Å². The third-order valence-corrected chi connectivity index (χ3v) is 5.47. The summed E-state index contributed by atoms with van der Waals surface area (Å²) in [5.41, 5.74) is 1.02. The number of hydrogen-bond acceptors (Lipinski definition) is 7. The molecule has 0 aromatic carbocycles. The van der Waals surface area contributed by atoms with Crippen LogP contribution in [0.5, 0.6) is 0 Å². The third kappa shape index (κ3) is 4.36. The average molecular weight is 383 g/mol. The number of rotatable bonds is 5. The molecule has 1 saturated heterocycles. The second-order valence-corrected chi connectivity index (χ2v) is 7.49. The molecule has 0 radical (unpaired) electrons. The van der Waals surface area contributed by atoms with Crippen molar-refractivity contribution in [2.75, 3.05) is 18.0 Å². The SMILES string of the molecule is O=C(OCc1cc(-c2cccs2)on1)c1ccc(N2CCCCCC2)nc1. The van der Waals surface area contributed by atoms with E-state index in [1.54, 1.807) is 29.7 Å². The molecule has 3 aromatic heterocycles. The minimum absolute atomic E-state index is 0.0710. The molecule has 0 N–H and O–H groups in total. The lowest BCUT2D eigenvalue weighted by atomic mass is 10.2. The van der Waals surface area contributed by atoms with Crippen LogP contribution < -0.4 is 4.90 Å². The molecule has 0 spiro atoms. The molecular weight excluding hydrogens is 362 g/mol. The van der Waals surface area contributed by atoms with Gasteiger partial charge in [0.05, 0.1) is 10.4 Å². The summed E-state index contributed by atoms with van der Waals surface area (Å²) in [4.78, 5) is 20.0. The number of carbonyl (C=O) groups is 1. The normalized spacial score (nSPS) is 14.7. The van der Waals surface area contributed by atoms with Crippen LogP contribution in [0.25, 0.3) is 10.6 Å². The molecule has 7 heteroatoms. The highest BCUT2D eigenvalue weighted by atomic mass is 32.1. The molecule has 0 bridgehead atoms. The predicted octanol–water partition coefficient (Wildman–Crippen LogP) is 4.54. The Bertz CT molecular complexity index is 866. The van der Waals surface area contributed by atoms with E-state index in [-0.39, 0.29) is 6.61 Å². The molecule has 0 saturated carbocycles. The van der Waals surface area contributed by atoms with Gasteiger partial charge >= 0.3 is 5.97 Å². The van der Waals surface area contributed by atoms with Crippen molar-refractivity contribution >= 4 is 23.1 Å². The third-order valence-electron chi connectivity index (χ3n) is 4.59. The van der Waals surface area contributed by atoms with Crippen molar-refractivity contribution in [3.63, 3.8) is 0 Å². The van der Waals surface area contributed by atoms with E-state index in [2.05, 4.69) is 15.0 Å². The van der Waals surface area contributed by atoms with Crippen molar-refractivity contribution in [1.82, 2.24) is 10.1 Å². The van der Waals surface area contributed by atoms with E-state index < -0.39 is 5.97 Å². The maximum Gasteiger partial charge on any atom is 0.340 e. The Kier molecular flexibility index (Phi) is 5.48. The fraction of sp³-hybridized carbons (Fsp3) is 0.350. The number of esters is 1. The van der Waals surface area contributed by atoms with Crippen LogP contribution in [0, 0.1) is 0 Å². The maximum absolute atomic E-state index is 12.3. The molecule has 0 amide bonds. The van der Waals surface area contributed by atoms with Gasteiger partial charge in [-0.15, -0.1) is 11.3 Å². The lowest BCUT2D eigenvalue weighted by molar-refractivity contribution is 0.0464. The molecular formula is C20H21N3O3S. The largest absolute Gasteiger partial charge is 0.455 e. The summed E-state index contributed by atoms with van der Waals surface area (Å²) in [6.07, 6.45) is 6.52. The second-order valence-electron chi connectivity index (χ2n) is 6.54. The van der Waals surface area contributed by atoms with Gasteiger partial charge in [0.1, 0.15) is 18.1 Å². The van der Waals surface area contributed by atoms with Gasteiger partial charge in [-0.05, 0) is 36.4 Å². The average Bonchev–Trinajstić information content (AvgIpc) is 3.33. The molecule has 0 atom stereocenters. The van der Waals surface area contributed by atoms with E-state index in [4.69, 9.17) is 9.26 Å². The maximum atomic E-state index is 12.3. The number of pyridine rings is 1. The Labute approximate surface area is 161 Å². The fourth-order valence-electron chi connectivity index (χ4n) is 3.13. The number of nitrogens with zero attached hydrogens (tertiary/aromatic N) is 3. The first-order valence-corrected chi connectivity index (χ1v) is 10.1. The van der Waals surface area contributed by atoms with E-state index in [9.17, 15) is 4.79 Å². The standard InChI is InChI=1S/C20H21N3O3S/c24-20(25-14-16-12-17(26-22-16)18-6-5-11-27-18)15-7-8-19(21-13-15)23-9-3-1-2-4-10-23/h5-8,11-13H,1-4,9-10,14H2. The first-order chi connectivity index (χ1) is 13.3. The van der Waals surface area contributed by atoms with Crippen LogP contribution in [0.15, 0.2) is 46.4 Å². The molecule has 0 unspecified atom stereocenters. The summed E-state index contributed by atoms with van der Waals surface area (Å²) >= 11 is 1.57. The number of aromatic nitrogens is 2. The van der Waals surface area contributed by atoms with Gasteiger partial charge in [-0.25, -0.2) is 9.78 Å². The predicted molar refractivity (Wildman–Crippen MR) is 104 cm³/mol. The van der Waals surface area contributed by atoms with E-state index in [0.29, 0.717) is 17.0 Å². The van der Waals surface area contributed by atoms with Crippen LogP contribution in [-0.4, -0.2) is 29.2 Å². The van der Waals surface area contributed by atoms with Crippen molar-refractivity contribution < 1.29 is 14.1 Å². The summed E-state index contributed by atoms with van der Waals surface area (Å²) in [6.45, 7) is 2.12. The van der Waals surface area contributed by atoms with E-state index in [0.717, 1.165) is 23.8 Å². The highest BCUT2D eigenvalue weighted by Crippen LogP contribution is 2.25. The molecule has 0 aliphatic carbocycles. The summed E-state index contributed by atoms with van der Waals surface area (Å²) in [5.74, 6) is 1.19. The van der Waals surface area contributed by atoms with Crippen LogP contribution in [-0.2, 0) is 11.3 Å². The van der Waals surface area contributed by atoms with Crippen LogP contribution in [0.2, 0.25) is 0 Å². The molecule has 27 heavy (non-hydrogen) atoms. The van der Waals surface area contributed by atoms with Gasteiger partial charge in [0.25, 0.3) is 0 Å². The Hall–Kier alpha value is -2.67. The van der Waals surface area contributed by atoms with Gasteiger partial charge in [-0.1, -0.05) is 24.1 Å². The van der Waals surface area contributed by atoms with Gasteiger partial charge in [-0.2, -0.15) is 0 Å². The van der Waals surface area contributed by atoms with Crippen molar-refractivity contribution in [3.8, 4) is 10.6 Å². The molecule has 3 aromatic rings. The smallest absolute Gasteiger partial charge is 0.340 e. The van der Waals surface area contributed by atoms with Gasteiger partial charge in [0, 0.05) is 25.4 Å². The number of thiophene rings is 1. The van der Waals surface area contributed by atoms with Gasteiger partial charge in [0.2, 0.25) is 0 Å². The highest BCUT2D eigenvalue weighted by Gasteiger charge is 2.14. The summed E-state index contributed by atoms with van der Waals surface area (Å²) in [6, 6.07) is 9.37. The minimum atomic E-state index is -0.411. The van der Waals surface area contributed by atoms with Crippen molar-refractivity contribution in [2.24, 2.45) is 0 Å². The molecule has 140 valence electrons. The van der Waals surface area contributed by atoms with Crippen LogP contribution in [0.1, 0.15) is 41.7 Å². The zero-order chi connectivity index (χ0) is 18.5. The van der Waals surface area contributed by atoms with E-state index in [1.165, 1.54) is 25.7 Å². The van der Waals surface area contributed by atoms with Crippen LogP contribution in [0.4, 0.5) is 5.82 Å². The van der Waals surface area contributed by atoms with Crippen LogP contribution >= 0.6 is 11.3 Å². The van der Waals surface area contributed by atoms with Gasteiger partial charge in [0.15, 0.2) is 5.76 Å². The monoisotopic (exact) mass is 383 g/mol. The summed E-state index contributed by atoms with van der Waals surface area (Å²) < 4.78 is 10.6. The first kappa shape index (κ1) is 17.7. The lowest BCUT2D eigenvalue weighted by Gasteiger charge is -2.21. The molecule has 4 heterocycles. The second kappa shape index (κ2) is 8.35. The number of carbonyl (C=O) groups excluding carboxylic acids is 1. The molecule has 4 rings (SSSR count). The first-order valence-electron chi connectivity index (χ1n) is 9.17. The van der Waals surface area contributed by atoms with Crippen molar-refractivity contribution in [3.05, 3.63) is 53.2 Å². The minimum Gasteiger partial charge on any atom is -0.455 e. The molecule has 6 nitrogen and oxygen atoms in total. The zero-order valence-corrected chi connectivity index (χ0v) is 15.8. The fourth-order valence-corrected chi connectivity index (χ4v) is 3.80. The Morgan fingerprint density at radius 3 is 2.74 bits per heavy atom. The van der Waals surface area contributed by atoms with Crippen LogP contribution in [0.3, 0.4) is 0 Å².